The van der Waals surface area contributed by atoms with Crippen LogP contribution in [0.1, 0.15) is 29.6 Å². The lowest BCUT2D eigenvalue weighted by molar-refractivity contribution is 0.0416. The minimum atomic E-state index is -0.189. The molecule has 0 saturated carbocycles. The van der Waals surface area contributed by atoms with Gasteiger partial charge in [0.15, 0.2) is 0 Å². The number of fused-ring (bicyclic) bond motifs is 1. The zero-order chi connectivity index (χ0) is 12.6. The van der Waals surface area contributed by atoms with Gasteiger partial charge >= 0.3 is 0 Å². The number of allylic oxidation sites excluding steroid dienone is 1. The summed E-state index contributed by atoms with van der Waals surface area (Å²) in [7, 11) is 1.62. The van der Waals surface area contributed by atoms with Crippen molar-refractivity contribution in [3.05, 3.63) is 28.6 Å². The number of ether oxygens (including phenoxy) is 1. The molecule has 0 amide bonds. The van der Waals surface area contributed by atoms with Crippen molar-refractivity contribution in [2.45, 2.75) is 26.5 Å². The van der Waals surface area contributed by atoms with E-state index < -0.39 is 0 Å². The van der Waals surface area contributed by atoms with Crippen molar-refractivity contribution in [2.24, 2.45) is 0 Å². The van der Waals surface area contributed by atoms with Crippen LogP contribution in [0.15, 0.2) is 11.6 Å². The number of methoxy groups -OCH3 is 1. The van der Waals surface area contributed by atoms with Crippen molar-refractivity contribution in [3.63, 3.8) is 0 Å². The average Bonchev–Trinajstić information content (AvgIpc) is 2.64. The Labute approximate surface area is 100 Å². The quantitative estimate of drug-likeness (QED) is 0.740. The van der Waals surface area contributed by atoms with Crippen molar-refractivity contribution in [3.8, 4) is 12.1 Å². The summed E-state index contributed by atoms with van der Waals surface area (Å²) >= 11 is 0. The van der Waals surface area contributed by atoms with Crippen LogP contribution in [-0.4, -0.2) is 11.7 Å². The molecular formula is C13H13N3O. The number of aryl methyl sites for hydroxylation is 1. The Morgan fingerprint density at radius 3 is 2.59 bits per heavy atom. The molecule has 1 unspecified atom stereocenters. The lowest BCUT2D eigenvalue weighted by Crippen LogP contribution is -2.20. The zero-order valence-electron chi connectivity index (χ0n) is 10.1. The fourth-order valence-corrected chi connectivity index (χ4v) is 2.25. The topological polar surface area (TPSA) is 61.7 Å². The number of hydrogen-bond donors (Lipinski definition) is 0. The summed E-state index contributed by atoms with van der Waals surface area (Å²) in [5.41, 5.74) is 3.95. The molecule has 1 atom stereocenters. The molecule has 0 aliphatic carbocycles. The summed E-state index contributed by atoms with van der Waals surface area (Å²) in [4.78, 5) is 0. The second kappa shape index (κ2) is 4.08. The van der Waals surface area contributed by atoms with E-state index in [1.165, 1.54) is 0 Å². The second-order valence-corrected chi connectivity index (χ2v) is 4.14. The average molecular weight is 227 g/mol. The third-order valence-corrected chi connectivity index (χ3v) is 3.29. The van der Waals surface area contributed by atoms with E-state index in [9.17, 15) is 5.26 Å². The Balaban J connectivity index is 2.74. The molecule has 4 heteroatoms. The van der Waals surface area contributed by atoms with E-state index >= 15 is 0 Å². The van der Waals surface area contributed by atoms with Crippen LogP contribution in [0.2, 0.25) is 0 Å². The van der Waals surface area contributed by atoms with Crippen LogP contribution in [0.4, 0.5) is 0 Å². The third kappa shape index (κ3) is 1.54. The minimum Gasteiger partial charge on any atom is -0.361 e. The van der Waals surface area contributed by atoms with Gasteiger partial charge in [0.2, 0.25) is 0 Å². The molecule has 1 aromatic heterocycles. The van der Waals surface area contributed by atoms with E-state index in [-0.39, 0.29) is 6.23 Å². The Morgan fingerprint density at radius 1 is 1.35 bits per heavy atom. The standard InChI is InChI=1S/C13H13N3O/c1-8-4-12-11(7-15)10(6-14)5-13(17-3)16(12)9(8)2/h4,13H,5H2,1-3H3. The van der Waals surface area contributed by atoms with Gasteiger partial charge < -0.3 is 9.30 Å². The lowest BCUT2D eigenvalue weighted by Gasteiger charge is -2.26. The molecule has 0 spiro atoms. The summed E-state index contributed by atoms with van der Waals surface area (Å²) < 4.78 is 7.40. The van der Waals surface area contributed by atoms with Gasteiger partial charge in [-0.25, -0.2) is 0 Å². The van der Waals surface area contributed by atoms with E-state index in [1.54, 1.807) is 7.11 Å². The van der Waals surface area contributed by atoms with Crippen LogP contribution in [-0.2, 0) is 4.74 Å². The van der Waals surface area contributed by atoms with Crippen LogP contribution in [0.3, 0.4) is 0 Å². The maximum absolute atomic E-state index is 9.19. The predicted molar refractivity (Wildman–Crippen MR) is 62.7 cm³/mol. The number of hydrogen-bond acceptors (Lipinski definition) is 3. The first-order chi connectivity index (χ1) is 8.13. The summed E-state index contributed by atoms with van der Waals surface area (Å²) in [6.07, 6.45) is 0.267. The van der Waals surface area contributed by atoms with Crippen LogP contribution < -0.4 is 0 Å². The van der Waals surface area contributed by atoms with Gasteiger partial charge in [-0.1, -0.05) is 0 Å². The lowest BCUT2D eigenvalue weighted by atomic mass is 9.99. The molecular weight excluding hydrogens is 214 g/mol. The summed E-state index contributed by atoms with van der Waals surface area (Å²) in [5, 5.41) is 18.3. The Morgan fingerprint density at radius 2 is 2.06 bits per heavy atom. The fraction of sp³-hybridized carbons (Fsp3) is 0.385. The van der Waals surface area contributed by atoms with Gasteiger partial charge in [0, 0.05) is 19.2 Å². The van der Waals surface area contributed by atoms with E-state index in [2.05, 4.69) is 12.1 Å². The Kier molecular flexibility index (Phi) is 2.75. The molecule has 0 radical (unpaired) electrons. The van der Waals surface area contributed by atoms with E-state index in [0.29, 0.717) is 17.6 Å². The molecule has 2 rings (SSSR count). The molecule has 2 heterocycles. The highest BCUT2D eigenvalue weighted by atomic mass is 16.5. The van der Waals surface area contributed by atoms with Gasteiger partial charge in [0.1, 0.15) is 12.3 Å². The van der Waals surface area contributed by atoms with Crippen LogP contribution >= 0.6 is 0 Å². The van der Waals surface area contributed by atoms with Crippen molar-refractivity contribution in [1.82, 2.24) is 4.57 Å². The first kappa shape index (κ1) is 11.4. The molecule has 86 valence electrons. The molecule has 0 fully saturated rings. The summed E-state index contributed by atoms with van der Waals surface area (Å²) in [5.74, 6) is 0. The van der Waals surface area contributed by atoms with Gasteiger partial charge in [-0.05, 0) is 25.5 Å². The molecule has 4 nitrogen and oxygen atoms in total. The molecule has 0 bridgehead atoms. The second-order valence-electron chi connectivity index (χ2n) is 4.14. The normalized spacial score (nSPS) is 18.5. The number of nitrogens with zero attached hydrogens (tertiary/aromatic N) is 3. The van der Waals surface area contributed by atoms with Crippen molar-refractivity contribution in [1.29, 1.82) is 10.5 Å². The van der Waals surface area contributed by atoms with Crippen molar-refractivity contribution in [2.75, 3.05) is 7.11 Å². The third-order valence-electron chi connectivity index (χ3n) is 3.29. The summed E-state index contributed by atoms with van der Waals surface area (Å²) in [6.45, 7) is 3.99. The van der Waals surface area contributed by atoms with Crippen LogP contribution in [0, 0.1) is 36.5 Å². The van der Waals surface area contributed by atoms with Gasteiger partial charge in [0.25, 0.3) is 0 Å². The molecule has 1 aliphatic rings. The maximum Gasteiger partial charge on any atom is 0.138 e. The minimum absolute atomic E-state index is 0.189. The Bertz CT molecular complexity index is 581. The molecule has 0 N–H and O–H groups in total. The highest BCUT2D eigenvalue weighted by Gasteiger charge is 2.28. The highest BCUT2D eigenvalue weighted by molar-refractivity contribution is 5.82. The van der Waals surface area contributed by atoms with Gasteiger partial charge in [-0.3, -0.25) is 0 Å². The Hall–Kier alpha value is -2.04. The molecule has 0 aromatic carbocycles. The monoisotopic (exact) mass is 227 g/mol. The molecule has 0 saturated heterocycles. The van der Waals surface area contributed by atoms with Crippen LogP contribution in [0.5, 0.6) is 0 Å². The first-order valence-corrected chi connectivity index (χ1v) is 5.39. The predicted octanol–water partition coefficient (Wildman–Crippen LogP) is 2.45. The largest absolute Gasteiger partial charge is 0.361 e. The number of aromatic nitrogens is 1. The first-order valence-electron chi connectivity index (χ1n) is 5.39. The van der Waals surface area contributed by atoms with Gasteiger partial charge in [-0.15, -0.1) is 0 Å². The maximum atomic E-state index is 9.19. The highest BCUT2D eigenvalue weighted by Crippen LogP contribution is 2.36. The number of nitriles is 2. The van der Waals surface area contributed by atoms with E-state index in [0.717, 1.165) is 17.0 Å². The van der Waals surface area contributed by atoms with E-state index in [1.807, 2.05) is 24.5 Å². The SMILES string of the molecule is COC1CC(C#N)=C(C#N)c2cc(C)c(C)n21. The smallest absolute Gasteiger partial charge is 0.138 e. The zero-order valence-corrected chi connectivity index (χ0v) is 10.1. The van der Waals surface area contributed by atoms with Crippen molar-refractivity contribution < 1.29 is 4.74 Å². The number of rotatable bonds is 1. The molecule has 1 aliphatic heterocycles. The summed E-state index contributed by atoms with van der Waals surface area (Å²) in [6, 6.07) is 6.17. The molecule has 17 heavy (non-hydrogen) atoms. The van der Waals surface area contributed by atoms with E-state index in [4.69, 9.17) is 10.00 Å². The van der Waals surface area contributed by atoms with Crippen molar-refractivity contribution >= 4 is 5.57 Å². The molecule has 1 aromatic rings. The van der Waals surface area contributed by atoms with Gasteiger partial charge in [0.05, 0.1) is 22.9 Å². The fourth-order valence-electron chi connectivity index (χ4n) is 2.25. The van der Waals surface area contributed by atoms with Gasteiger partial charge in [-0.2, -0.15) is 10.5 Å². The van der Waals surface area contributed by atoms with Crippen LogP contribution in [0.25, 0.3) is 5.57 Å².